The van der Waals surface area contributed by atoms with Gasteiger partial charge in [0.1, 0.15) is 5.66 Å². The van der Waals surface area contributed by atoms with Crippen molar-refractivity contribution in [2.75, 3.05) is 10.0 Å². The number of rotatable bonds is 8. The molecule has 2 aromatic rings. The quantitative estimate of drug-likeness (QED) is 0.403. The van der Waals surface area contributed by atoms with Crippen LogP contribution < -0.4 is 10.0 Å². The topological polar surface area (TPSA) is 133 Å². The maximum atomic E-state index is 12.5. The van der Waals surface area contributed by atoms with Crippen molar-refractivity contribution < 1.29 is 27.6 Å². The molecule has 0 aliphatic carbocycles. The molecular formula is C18H21Cl2N2O6PS. The van der Waals surface area contributed by atoms with Crippen LogP contribution in [0.5, 0.6) is 0 Å². The van der Waals surface area contributed by atoms with Gasteiger partial charge in [0.15, 0.2) is 0 Å². The molecule has 12 heteroatoms. The zero-order valence-corrected chi connectivity index (χ0v) is 19.3. The van der Waals surface area contributed by atoms with Gasteiger partial charge in [-0.05, 0) is 54.8 Å². The van der Waals surface area contributed by atoms with Crippen molar-refractivity contribution in [3.8, 4) is 0 Å². The van der Waals surface area contributed by atoms with Crippen LogP contribution in [0.15, 0.2) is 47.4 Å². The summed E-state index contributed by atoms with van der Waals surface area (Å²) in [4.78, 5) is 31.1. The van der Waals surface area contributed by atoms with Crippen LogP contribution in [0.2, 0.25) is 10.0 Å². The minimum absolute atomic E-state index is 0.0254. The van der Waals surface area contributed by atoms with Gasteiger partial charge >= 0.3 is 7.60 Å². The lowest BCUT2D eigenvalue weighted by molar-refractivity contribution is -0.116. The summed E-state index contributed by atoms with van der Waals surface area (Å²) in [5.74, 6) is -0.896. The van der Waals surface area contributed by atoms with E-state index in [0.717, 1.165) is 0 Å². The standard InChI is InChI=1S/C18H21Cl2N2O6PS/c1-11(2)9-17(29(24,25)26)18(23)21-12-3-5-13(6-4-12)22-30(27,28)14-7-8-15(19)16(20)10-14/h3-8,10-11,17,22H,9H2,1-2H3,(H,21,23)(H2,24,25,26)/t17-/m1/s1. The fourth-order valence-electron chi connectivity index (χ4n) is 2.55. The summed E-state index contributed by atoms with van der Waals surface area (Å²) in [5.41, 5.74) is -0.988. The Balaban J connectivity index is 2.13. The lowest BCUT2D eigenvalue weighted by Gasteiger charge is -2.19. The van der Waals surface area contributed by atoms with Crippen LogP contribution in [0, 0.1) is 5.92 Å². The molecule has 0 aromatic heterocycles. The minimum Gasteiger partial charge on any atom is -0.325 e. The molecule has 1 amide bonds. The fraction of sp³-hybridized carbons (Fsp3) is 0.278. The smallest absolute Gasteiger partial charge is 0.325 e. The molecule has 1 atom stereocenters. The molecule has 0 radical (unpaired) electrons. The summed E-state index contributed by atoms with van der Waals surface area (Å²) in [6.07, 6.45) is 0.0254. The molecule has 2 rings (SSSR count). The van der Waals surface area contributed by atoms with Gasteiger partial charge in [-0.1, -0.05) is 37.0 Å². The van der Waals surface area contributed by atoms with Gasteiger partial charge in [0.2, 0.25) is 5.91 Å². The number of hydrogen-bond acceptors (Lipinski definition) is 4. The van der Waals surface area contributed by atoms with E-state index >= 15 is 0 Å². The molecular weight excluding hydrogens is 474 g/mol. The molecule has 0 bridgehead atoms. The Morgan fingerprint density at radius 1 is 1.03 bits per heavy atom. The van der Waals surface area contributed by atoms with E-state index in [2.05, 4.69) is 10.0 Å². The first-order valence-electron chi connectivity index (χ1n) is 8.73. The molecule has 2 aromatic carbocycles. The molecule has 164 valence electrons. The summed E-state index contributed by atoms with van der Waals surface area (Å²) in [5, 5.41) is 2.77. The van der Waals surface area contributed by atoms with Crippen molar-refractivity contribution in [3.63, 3.8) is 0 Å². The van der Waals surface area contributed by atoms with Crippen molar-refractivity contribution in [2.24, 2.45) is 5.92 Å². The van der Waals surface area contributed by atoms with E-state index in [9.17, 15) is 27.6 Å². The molecule has 0 heterocycles. The number of benzene rings is 2. The molecule has 4 N–H and O–H groups in total. The summed E-state index contributed by atoms with van der Waals surface area (Å²) in [7, 11) is -8.54. The Morgan fingerprint density at radius 2 is 1.60 bits per heavy atom. The third kappa shape index (κ3) is 6.70. The molecule has 30 heavy (non-hydrogen) atoms. The molecule has 0 unspecified atom stereocenters. The van der Waals surface area contributed by atoms with E-state index in [4.69, 9.17) is 23.2 Å². The largest absolute Gasteiger partial charge is 0.337 e. The molecule has 0 fully saturated rings. The molecule has 0 aliphatic rings. The maximum absolute atomic E-state index is 12.5. The zero-order valence-electron chi connectivity index (χ0n) is 16.0. The molecule has 0 saturated heterocycles. The van der Waals surface area contributed by atoms with Gasteiger partial charge in [-0.3, -0.25) is 14.1 Å². The average Bonchev–Trinajstić information content (AvgIpc) is 2.62. The van der Waals surface area contributed by atoms with Gasteiger partial charge in [0.25, 0.3) is 10.0 Å². The van der Waals surface area contributed by atoms with Gasteiger partial charge < -0.3 is 15.1 Å². The highest BCUT2D eigenvalue weighted by Crippen LogP contribution is 2.44. The highest BCUT2D eigenvalue weighted by molar-refractivity contribution is 7.92. The van der Waals surface area contributed by atoms with Crippen molar-refractivity contribution in [1.29, 1.82) is 0 Å². The van der Waals surface area contributed by atoms with Crippen LogP contribution in [-0.4, -0.2) is 29.8 Å². The van der Waals surface area contributed by atoms with Gasteiger partial charge in [0.05, 0.1) is 14.9 Å². The van der Waals surface area contributed by atoms with E-state index in [-0.39, 0.29) is 38.7 Å². The molecule has 8 nitrogen and oxygen atoms in total. The predicted molar refractivity (Wildman–Crippen MR) is 118 cm³/mol. The van der Waals surface area contributed by atoms with Crippen molar-refractivity contribution in [2.45, 2.75) is 30.8 Å². The normalized spacial score (nSPS) is 13.2. The Morgan fingerprint density at radius 3 is 2.10 bits per heavy atom. The number of halogens is 2. The Kier molecular flexibility index (Phi) is 7.96. The second-order valence-corrected chi connectivity index (χ2v) is 11.3. The van der Waals surface area contributed by atoms with E-state index in [0.29, 0.717) is 0 Å². The van der Waals surface area contributed by atoms with E-state index < -0.39 is 29.2 Å². The number of amides is 1. The predicted octanol–water partition coefficient (Wildman–Crippen LogP) is 4.33. The van der Waals surface area contributed by atoms with Crippen LogP contribution in [0.25, 0.3) is 0 Å². The lowest BCUT2D eigenvalue weighted by Crippen LogP contribution is -2.29. The maximum Gasteiger partial charge on any atom is 0.337 e. The van der Waals surface area contributed by atoms with Gasteiger partial charge in [-0.15, -0.1) is 0 Å². The third-order valence-electron chi connectivity index (χ3n) is 4.01. The van der Waals surface area contributed by atoms with E-state index in [1.54, 1.807) is 13.8 Å². The summed E-state index contributed by atoms with van der Waals surface area (Å²) >= 11 is 11.7. The summed E-state index contributed by atoms with van der Waals surface area (Å²) in [6, 6.07) is 9.53. The first kappa shape index (κ1) is 24.7. The average molecular weight is 495 g/mol. The van der Waals surface area contributed by atoms with E-state index in [1.165, 1.54) is 42.5 Å². The van der Waals surface area contributed by atoms with Crippen LogP contribution in [0.4, 0.5) is 11.4 Å². The summed E-state index contributed by atoms with van der Waals surface area (Å²) in [6.45, 7) is 3.51. The Hall–Kier alpha value is -1.61. The fourth-order valence-corrected chi connectivity index (χ4v) is 5.06. The second-order valence-electron chi connectivity index (χ2n) is 6.98. The number of anilines is 2. The molecule has 0 saturated carbocycles. The van der Waals surface area contributed by atoms with Crippen LogP contribution in [-0.2, 0) is 19.4 Å². The highest BCUT2D eigenvalue weighted by Gasteiger charge is 2.36. The van der Waals surface area contributed by atoms with E-state index in [1.807, 2.05) is 0 Å². The zero-order chi connectivity index (χ0) is 22.7. The highest BCUT2D eigenvalue weighted by atomic mass is 35.5. The Labute approximate surface area is 184 Å². The van der Waals surface area contributed by atoms with Crippen molar-refractivity contribution >= 4 is 58.1 Å². The Bertz CT molecular complexity index is 1070. The number of sulfonamides is 1. The van der Waals surface area contributed by atoms with Gasteiger partial charge in [-0.25, -0.2) is 8.42 Å². The molecule has 0 aliphatic heterocycles. The third-order valence-corrected chi connectivity index (χ3v) is 7.38. The lowest BCUT2D eigenvalue weighted by atomic mass is 10.1. The summed E-state index contributed by atoms with van der Waals surface area (Å²) < 4.78 is 38.9. The second kappa shape index (κ2) is 9.68. The van der Waals surface area contributed by atoms with Gasteiger partial charge in [-0.2, -0.15) is 0 Å². The number of nitrogens with one attached hydrogen (secondary N) is 2. The minimum atomic E-state index is -4.63. The van der Waals surface area contributed by atoms with Gasteiger partial charge in [0, 0.05) is 11.4 Å². The first-order chi connectivity index (χ1) is 13.8. The van der Waals surface area contributed by atoms with Crippen LogP contribution in [0.3, 0.4) is 0 Å². The van der Waals surface area contributed by atoms with Crippen LogP contribution in [0.1, 0.15) is 20.3 Å². The van der Waals surface area contributed by atoms with Crippen molar-refractivity contribution in [1.82, 2.24) is 0 Å². The number of carbonyl (C=O) groups excluding carboxylic acids is 1. The molecule has 0 spiro atoms. The monoisotopic (exact) mass is 494 g/mol. The number of carbonyl (C=O) groups is 1. The first-order valence-corrected chi connectivity index (χ1v) is 12.7. The number of hydrogen-bond donors (Lipinski definition) is 4. The van der Waals surface area contributed by atoms with Crippen LogP contribution >= 0.6 is 30.8 Å². The SMILES string of the molecule is CC(C)C[C@H](C(=O)Nc1ccc(NS(=O)(=O)c2ccc(Cl)c(Cl)c2)cc1)P(=O)(O)O. The van der Waals surface area contributed by atoms with Crippen molar-refractivity contribution in [3.05, 3.63) is 52.5 Å².